The van der Waals surface area contributed by atoms with Gasteiger partial charge in [0.2, 0.25) is 5.43 Å². The molecular weight excluding hydrogens is 366 g/mol. The maximum atomic E-state index is 13.2. The van der Waals surface area contributed by atoms with Gasteiger partial charge in [0.05, 0.1) is 24.0 Å². The Morgan fingerprint density at radius 3 is 2.88 bits per heavy atom. The van der Waals surface area contributed by atoms with E-state index in [1.54, 1.807) is 11.3 Å². The Morgan fingerprint density at radius 2 is 2.15 bits per heavy atom. The molecule has 7 heteroatoms. The molecule has 0 N–H and O–H groups in total. The minimum absolute atomic E-state index is 0.0542. The third-order valence-electron chi connectivity index (χ3n) is 5.28. The summed E-state index contributed by atoms with van der Waals surface area (Å²) in [5.74, 6) is 0.352. The third kappa shape index (κ3) is 3.19. The Hall–Kier alpha value is -1.36. The van der Waals surface area contributed by atoms with E-state index < -0.39 is 0 Å². The van der Waals surface area contributed by atoms with E-state index in [0.29, 0.717) is 30.3 Å². The number of rotatable bonds is 3. The van der Waals surface area contributed by atoms with E-state index in [-0.39, 0.29) is 11.0 Å². The van der Waals surface area contributed by atoms with Crippen molar-refractivity contribution in [1.82, 2.24) is 9.55 Å². The highest BCUT2D eigenvalue weighted by Crippen LogP contribution is 2.38. The van der Waals surface area contributed by atoms with Crippen LogP contribution in [0, 0.1) is 11.3 Å². The molecule has 2 aromatic rings. The molecule has 1 aliphatic heterocycles. The number of hydrogen-bond donors (Lipinski definition) is 0. The molecule has 5 nitrogen and oxygen atoms in total. The zero-order valence-electron chi connectivity index (χ0n) is 15.2. The van der Waals surface area contributed by atoms with E-state index in [4.69, 9.17) is 15.0 Å². The van der Waals surface area contributed by atoms with Crippen molar-refractivity contribution in [3.8, 4) is 6.07 Å². The minimum atomic E-state index is -0.309. The Kier molecular flexibility index (Phi) is 4.84. The fraction of sp³-hybridized carbons (Fsp3) is 0.632. The normalized spacial score (nSPS) is 20.0. The van der Waals surface area contributed by atoms with E-state index in [1.165, 1.54) is 31.0 Å². The topological polar surface area (TPSA) is 67.9 Å². The van der Waals surface area contributed by atoms with Gasteiger partial charge in [-0.1, -0.05) is 31.0 Å². The molecule has 0 saturated heterocycles. The number of hydrogen-bond acceptors (Lipinski definition) is 6. The summed E-state index contributed by atoms with van der Waals surface area (Å²) >= 11 is 3.10. The Labute approximate surface area is 161 Å². The molecule has 26 heavy (non-hydrogen) atoms. The van der Waals surface area contributed by atoms with Crippen LogP contribution in [0.4, 0.5) is 0 Å². The van der Waals surface area contributed by atoms with Crippen molar-refractivity contribution in [1.29, 1.82) is 5.26 Å². The fourth-order valence-corrected chi connectivity index (χ4v) is 5.98. The van der Waals surface area contributed by atoms with Crippen LogP contribution in [0.15, 0.2) is 9.95 Å². The first kappa shape index (κ1) is 18.0. The Balaban J connectivity index is 1.89. The van der Waals surface area contributed by atoms with Crippen molar-refractivity contribution in [2.45, 2.75) is 75.8 Å². The average molecular weight is 390 g/mol. The summed E-state index contributed by atoms with van der Waals surface area (Å²) in [5.41, 5.74) is 1.19. The summed E-state index contributed by atoms with van der Waals surface area (Å²) in [5, 5.41) is 9.83. The number of imidazole rings is 1. The predicted molar refractivity (Wildman–Crippen MR) is 105 cm³/mol. The van der Waals surface area contributed by atoms with Crippen molar-refractivity contribution in [3.63, 3.8) is 0 Å². The van der Waals surface area contributed by atoms with E-state index in [0.717, 1.165) is 33.3 Å². The van der Waals surface area contributed by atoms with Crippen LogP contribution in [0.3, 0.4) is 0 Å². The summed E-state index contributed by atoms with van der Waals surface area (Å²) in [4.78, 5) is 19.9. The van der Waals surface area contributed by atoms with E-state index in [1.807, 2.05) is 13.8 Å². The lowest BCUT2D eigenvalue weighted by Crippen LogP contribution is -2.34. The van der Waals surface area contributed by atoms with Gasteiger partial charge in [0.1, 0.15) is 10.3 Å². The number of nitrogens with zero attached hydrogens (tertiary/aromatic N) is 3. The van der Waals surface area contributed by atoms with Crippen LogP contribution in [0.5, 0.6) is 0 Å². The average Bonchev–Trinajstić information content (AvgIpc) is 3.00. The second kappa shape index (κ2) is 6.99. The van der Waals surface area contributed by atoms with Gasteiger partial charge in [-0.15, -0.1) is 11.3 Å². The van der Waals surface area contributed by atoms with Crippen molar-refractivity contribution in [2.75, 3.05) is 5.75 Å². The van der Waals surface area contributed by atoms with Gasteiger partial charge in [0.15, 0.2) is 5.16 Å². The summed E-state index contributed by atoms with van der Waals surface area (Å²) in [6.45, 7) is 4.55. The smallest absolute Gasteiger partial charge is 0.211 e. The number of ether oxygens (including phenoxy) is 1. The molecule has 0 amide bonds. The molecule has 1 fully saturated rings. The highest BCUT2D eigenvalue weighted by atomic mass is 32.2. The SMILES string of the molecule is CC1(C)Cc2c(sc3c(nc(SCC#N)n3C3CCCCC3)c2=O)CO1. The van der Waals surface area contributed by atoms with E-state index in [2.05, 4.69) is 10.6 Å². The first-order valence-electron chi connectivity index (χ1n) is 9.20. The number of aromatic nitrogens is 2. The van der Waals surface area contributed by atoms with Gasteiger partial charge in [0.25, 0.3) is 0 Å². The molecule has 3 heterocycles. The van der Waals surface area contributed by atoms with Gasteiger partial charge < -0.3 is 9.30 Å². The fourth-order valence-electron chi connectivity index (χ4n) is 3.98. The van der Waals surface area contributed by atoms with Crippen LogP contribution in [-0.2, 0) is 17.8 Å². The molecule has 138 valence electrons. The molecule has 0 bridgehead atoms. The molecule has 0 radical (unpaired) electrons. The van der Waals surface area contributed by atoms with Crippen LogP contribution in [-0.4, -0.2) is 20.9 Å². The Morgan fingerprint density at radius 1 is 1.38 bits per heavy atom. The molecule has 0 atom stereocenters. The molecule has 0 spiro atoms. The summed E-state index contributed by atoms with van der Waals surface area (Å²) < 4.78 is 8.20. The van der Waals surface area contributed by atoms with Crippen molar-refractivity contribution in [3.05, 3.63) is 20.7 Å². The van der Waals surface area contributed by atoms with Gasteiger partial charge in [0, 0.05) is 22.9 Å². The largest absolute Gasteiger partial charge is 0.370 e. The first-order valence-corrected chi connectivity index (χ1v) is 11.0. The van der Waals surface area contributed by atoms with Crippen LogP contribution >= 0.6 is 23.1 Å². The number of thioether (sulfide) groups is 1. The maximum absolute atomic E-state index is 13.2. The van der Waals surface area contributed by atoms with E-state index in [9.17, 15) is 4.79 Å². The van der Waals surface area contributed by atoms with Crippen molar-refractivity contribution in [2.24, 2.45) is 0 Å². The zero-order valence-corrected chi connectivity index (χ0v) is 16.8. The summed E-state index contributed by atoms with van der Waals surface area (Å²) in [6.07, 6.45) is 6.57. The first-order chi connectivity index (χ1) is 12.5. The molecule has 1 aliphatic carbocycles. The highest BCUT2D eigenvalue weighted by molar-refractivity contribution is 7.99. The van der Waals surface area contributed by atoms with Gasteiger partial charge in [-0.3, -0.25) is 4.79 Å². The maximum Gasteiger partial charge on any atom is 0.211 e. The zero-order chi connectivity index (χ0) is 18.3. The molecule has 2 aliphatic rings. The van der Waals surface area contributed by atoms with Crippen molar-refractivity contribution < 1.29 is 4.74 Å². The van der Waals surface area contributed by atoms with Crippen LogP contribution in [0.25, 0.3) is 10.3 Å². The summed E-state index contributed by atoms with van der Waals surface area (Å²) in [6, 6.07) is 2.57. The quantitative estimate of drug-likeness (QED) is 0.727. The molecule has 0 aromatic carbocycles. The number of nitriles is 1. The lowest BCUT2D eigenvalue weighted by Gasteiger charge is -2.31. The molecule has 2 aromatic heterocycles. The second-order valence-electron chi connectivity index (χ2n) is 7.71. The van der Waals surface area contributed by atoms with Gasteiger partial charge >= 0.3 is 0 Å². The van der Waals surface area contributed by atoms with Gasteiger partial charge in [-0.05, 0) is 26.7 Å². The molecule has 1 saturated carbocycles. The lowest BCUT2D eigenvalue weighted by atomic mass is 9.95. The van der Waals surface area contributed by atoms with E-state index >= 15 is 0 Å². The van der Waals surface area contributed by atoms with Gasteiger partial charge in [-0.25, -0.2) is 4.98 Å². The van der Waals surface area contributed by atoms with Crippen LogP contribution < -0.4 is 5.43 Å². The second-order valence-corrected chi connectivity index (χ2v) is 9.74. The summed E-state index contributed by atoms with van der Waals surface area (Å²) in [7, 11) is 0. The third-order valence-corrected chi connectivity index (χ3v) is 7.30. The highest BCUT2D eigenvalue weighted by Gasteiger charge is 2.31. The van der Waals surface area contributed by atoms with Gasteiger partial charge in [-0.2, -0.15) is 5.26 Å². The molecule has 0 unspecified atom stereocenters. The van der Waals surface area contributed by atoms with Crippen LogP contribution in [0.2, 0.25) is 0 Å². The van der Waals surface area contributed by atoms with Crippen LogP contribution in [0.1, 0.15) is 62.4 Å². The molecule has 4 rings (SSSR count). The monoisotopic (exact) mass is 389 g/mol. The minimum Gasteiger partial charge on any atom is -0.370 e. The Bertz CT molecular complexity index is 933. The number of fused-ring (bicyclic) bond motifs is 2. The predicted octanol–water partition coefficient (Wildman–Crippen LogP) is 4.43. The molecular formula is C19H23N3O2S2. The van der Waals surface area contributed by atoms with Crippen molar-refractivity contribution >= 4 is 33.4 Å². The standard InChI is InChI=1S/C19H23N3O2S2/c1-19(2)10-13-14(11-24-19)26-17-15(16(13)23)21-18(25-9-8-20)22(17)12-6-4-3-5-7-12/h12H,3-7,9-11H2,1-2H3. The lowest BCUT2D eigenvalue weighted by molar-refractivity contribution is -0.0386.